The van der Waals surface area contributed by atoms with Crippen molar-refractivity contribution in [3.63, 3.8) is 0 Å². The summed E-state index contributed by atoms with van der Waals surface area (Å²) in [6.45, 7) is 12.7. The summed E-state index contributed by atoms with van der Waals surface area (Å²) in [6.07, 6.45) is 6.64. The number of unbranched alkanes of at least 4 members (excludes halogenated alkanes) is 3. The standard InChI is InChI=1S/C7H11Si.3C4H10N.Hf/c1-8(2)7-5-3-4-6-7;3*1-2-3-4-5;/h3-6,8H,1-2H3;3*5H,2-4H2,1H3;/q4*-1;+4. The fourth-order valence-electron chi connectivity index (χ4n) is 1.30. The van der Waals surface area contributed by atoms with Gasteiger partial charge in [0.2, 0.25) is 0 Å². The smallest absolute Gasteiger partial charge is 0.677 e. The third-order valence-electron chi connectivity index (χ3n) is 2.95. The van der Waals surface area contributed by atoms with Crippen LogP contribution in [0.15, 0.2) is 24.3 Å². The molecule has 24 heavy (non-hydrogen) atoms. The van der Waals surface area contributed by atoms with E-state index in [1.807, 2.05) is 0 Å². The summed E-state index contributed by atoms with van der Waals surface area (Å²) < 4.78 is 0. The number of rotatable bonds is 7. The number of nitrogens with one attached hydrogen (secondary N) is 3. The van der Waals surface area contributed by atoms with Gasteiger partial charge in [0, 0.05) is 8.80 Å². The van der Waals surface area contributed by atoms with Gasteiger partial charge < -0.3 is 17.2 Å². The minimum atomic E-state index is -0.480. The van der Waals surface area contributed by atoms with Gasteiger partial charge >= 0.3 is 25.8 Å². The van der Waals surface area contributed by atoms with Gasteiger partial charge in [-0.3, -0.25) is 0 Å². The molecule has 0 radical (unpaired) electrons. The Balaban J connectivity index is -0.000000113. The van der Waals surface area contributed by atoms with Crippen LogP contribution in [0, 0.1) is 0 Å². The van der Waals surface area contributed by atoms with Gasteiger partial charge in [0.15, 0.2) is 0 Å². The van der Waals surface area contributed by atoms with Crippen LogP contribution in [-0.2, 0) is 25.8 Å². The second-order valence-corrected chi connectivity index (χ2v) is 8.66. The Morgan fingerprint density at radius 1 is 0.708 bits per heavy atom. The minimum Gasteiger partial charge on any atom is -0.677 e. The van der Waals surface area contributed by atoms with Gasteiger partial charge in [-0.05, 0) is 0 Å². The van der Waals surface area contributed by atoms with Gasteiger partial charge in [0.1, 0.15) is 0 Å². The van der Waals surface area contributed by atoms with E-state index in [-0.39, 0.29) is 25.8 Å². The van der Waals surface area contributed by atoms with Crippen LogP contribution < -0.4 is 5.19 Å². The fourth-order valence-corrected chi connectivity index (χ4v) is 2.30. The van der Waals surface area contributed by atoms with E-state index in [9.17, 15) is 0 Å². The van der Waals surface area contributed by atoms with E-state index in [0.717, 1.165) is 38.5 Å². The maximum absolute atomic E-state index is 6.60. The molecule has 3 N–H and O–H groups in total. The normalized spacial score (nSPS) is 8.71. The summed E-state index contributed by atoms with van der Waals surface area (Å²) >= 11 is 0. The van der Waals surface area contributed by atoms with Crippen LogP contribution in [0.4, 0.5) is 0 Å². The minimum absolute atomic E-state index is 0. The molecule has 0 amide bonds. The van der Waals surface area contributed by atoms with E-state index >= 15 is 0 Å². The van der Waals surface area contributed by atoms with Gasteiger partial charge in [-0.15, -0.1) is 0 Å². The summed E-state index contributed by atoms with van der Waals surface area (Å²) in [5.74, 6) is 0. The van der Waals surface area contributed by atoms with E-state index in [0.29, 0.717) is 19.6 Å². The molecule has 0 aliphatic carbocycles. The summed E-state index contributed by atoms with van der Waals surface area (Å²) in [5, 5.41) is 1.57. The summed E-state index contributed by atoms with van der Waals surface area (Å²) in [4.78, 5) is 0. The first-order valence-corrected chi connectivity index (χ1v) is 12.1. The molecule has 5 heteroatoms. The maximum Gasteiger partial charge on any atom is 4.00 e. The first-order valence-electron chi connectivity index (χ1n) is 9.20. The predicted molar refractivity (Wildman–Crippen MR) is 113 cm³/mol. The van der Waals surface area contributed by atoms with Crippen molar-refractivity contribution >= 4 is 14.0 Å². The number of hydrogen-bond donors (Lipinski definition) is 0. The van der Waals surface area contributed by atoms with Crippen LogP contribution in [0.2, 0.25) is 13.1 Å². The van der Waals surface area contributed by atoms with Crippen molar-refractivity contribution in [2.45, 2.75) is 72.4 Å². The van der Waals surface area contributed by atoms with Crippen molar-refractivity contribution in [2.75, 3.05) is 19.6 Å². The van der Waals surface area contributed by atoms with E-state index < -0.39 is 8.80 Å². The van der Waals surface area contributed by atoms with E-state index in [2.05, 4.69) is 58.1 Å². The molecule has 0 aromatic heterocycles. The Morgan fingerprint density at radius 3 is 1.08 bits per heavy atom. The molecule has 0 aliphatic heterocycles. The van der Waals surface area contributed by atoms with Crippen LogP contribution in [0.25, 0.3) is 17.2 Å². The summed E-state index contributed by atoms with van der Waals surface area (Å²) in [7, 11) is -0.480. The van der Waals surface area contributed by atoms with Crippen LogP contribution >= 0.6 is 0 Å². The third kappa shape index (κ3) is 33.8. The first-order chi connectivity index (χ1) is 11.0. The van der Waals surface area contributed by atoms with Crippen LogP contribution in [0.1, 0.15) is 59.3 Å². The van der Waals surface area contributed by atoms with Gasteiger partial charge in [-0.1, -0.05) is 72.4 Å². The maximum atomic E-state index is 6.60. The van der Waals surface area contributed by atoms with Crippen LogP contribution in [0.3, 0.4) is 0 Å². The van der Waals surface area contributed by atoms with Gasteiger partial charge in [0.25, 0.3) is 0 Å². The van der Waals surface area contributed by atoms with E-state index in [1.165, 1.54) is 0 Å². The molecule has 3 nitrogen and oxygen atoms in total. The van der Waals surface area contributed by atoms with Crippen LogP contribution in [-0.4, -0.2) is 28.4 Å². The largest absolute Gasteiger partial charge is 4.00 e. The van der Waals surface area contributed by atoms with Gasteiger partial charge in [0.05, 0.1) is 0 Å². The Kier molecular flexibility index (Phi) is 41.5. The van der Waals surface area contributed by atoms with Gasteiger partial charge in [-0.2, -0.15) is 37.0 Å². The molecule has 0 saturated carbocycles. The van der Waals surface area contributed by atoms with Crippen molar-refractivity contribution in [1.82, 2.24) is 0 Å². The zero-order chi connectivity index (χ0) is 18.3. The molecule has 0 saturated heterocycles. The molecular formula is C19H41HfN3Si. The first kappa shape index (κ1) is 32.0. The van der Waals surface area contributed by atoms with Gasteiger partial charge in [-0.25, -0.2) is 12.1 Å². The predicted octanol–water partition coefficient (Wildman–Crippen LogP) is 6.61. The molecule has 0 unspecified atom stereocenters. The molecule has 0 aliphatic rings. The van der Waals surface area contributed by atoms with Crippen molar-refractivity contribution < 1.29 is 25.8 Å². The summed E-state index contributed by atoms with van der Waals surface area (Å²) in [6, 6.07) is 8.67. The Hall–Kier alpha value is 0.317. The topological polar surface area (TPSA) is 71.4 Å². The molecule has 0 spiro atoms. The second kappa shape index (κ2) is 31.1. The zero-order valence-electron chi connectivity index (χ0n) is 16.8. The zero-order valence-corrected chi connectivity index (χ0v) is 21.5. The third-order valence-corrected chi connectivity index (χ3v) is 4.66. The molecule has 1 aromatic carbocycles. The Labute approximate surface area is 172 Å². The Bertz CT molecular complexity index is 247. The molecule has 140 valence electrons. The van der Waals surface area contributed by atoms with E-state index in [1.54, 1.807) is 5.19 Å². The molecular weight excluding hydrogens is 477 g/mol. The quantitative estimate of drug-likeness (QED) is 0.288. The molecule has 1 rings (SSSR count). The molecule has 0 atom stereocenters. The fraction of sp³-hybridized carbons (Fsp3) is 0.737. The molecule has 0 fully saturated rings. The average molecular weight is 518 g/mol. The Morgan fingerprint density at radius 2 is 1.00 bits per heavy atom. The van der Waals surface area contributed by atoms with Crippen molar-refractivity contribution in [1.29, 1.82) is 0 Å². The second-order valence-electron chi connectivity index (χ2n) is 5.68. The molecule has 0 bridgehead atoms. The van der Waals surface area contributed by atoms with Crippen molar-refractivity contribution in [3.8, 4) is 0 Å². The van der Waals surface area contributed by atoms with Crippen molar-refractivity contribution in [3.05, 3.63) is 41.5 Å². The van der Waals surface area contributed by atoms with E-state index in [4.69, 9.17) is 17.2 Å². The average Bonchev–Trinajstić information content (AvgIpc) is 3.06. The molecule has 1 aromatic rings. The van der Waals surface area contributed by atoms with Crippen LogP contribution in [0.5, 0.6) is 0 Å². The van der Waals surface area contributed by atoms with Crippen molar-refractivity contribution in [2.24, 2.45) is 0 Å². The number of hydrogen-bond acceptors (Lipinski definition) is 0. The monoisotopic (exact) mass is 519 g/mol. The molecule has 0 heterocycles. The SMILES string of the molecule is CCCC[NH-].CCCC[NH-].CCCC[NH-].C[SiH](C)[c-]1cccc1.[Hf+4]. The summed E-state index contributed by atoms with van der Waals surface area (Å²) in [5.41, 5.74) is 19.8.